The molecular formula is C127H91N3O2S3. The van der Waals surface area contributed by atoms with Gasteiger partial charge in [-0.15, -0.1) is 34.0 Å². The van der Waals surface area contributed by atoms with Crippen LogP contribution in [0.5, 0.6) is 0 Å². The van der Waals surface area contributed by atoms with Gasteiger partial charge in [0.05, 0.1) is 53.3 Å². The zero-order valence-electron chi connectivity index (χ0n) is 75.5. The lowest BCUT2D eigenvalue weighted by atomic mass is 9.70. The molecule has 0 atom stereocenters. The molecule has 25 aromatic rings. The maximum atomic E-state index is 11.6. The lowest BCUT2D eigenvalue weighted by Crippen LogP contribution is -2.25. The van der Waals surface area contributed by atoms with Gasteiger partial charge in [0.1, 0.15) is 5.58 Å². The molecule has 30 rings (SSSR count). The van der Waals surface area contributed by atoms with Gasteiger partial charge in [-0.05, 0) is 243 Å². The summed E-state index contributed by atoms with van der Waals surface area (Å²) >= 11 is 5.59. The molecule has 644 valence electrons. The molecule has 7 heterocycles. The first kappa shape index (κ1) is 81.4. The van der Waals surface area contributed by atoms with E-state index in [4.69, 9.17) is 4.42 Å². The third-order valence-corrected chi connectivity index (χ3v) is 32.7. The zero-order valence-corrected chi connectivity index (χ0v) is 78.0. The van der Waals surface area contributed by atoms with Gasteiger partial charge in [-0.3, -0.25) is 0 Å². The van der Waals surface area contributed by atoms with E-state index < -0.39 is 0 Å². The highest BCUT2D eigenvalue weighted by atomic mass is 32.1. The van der Waals surface area contributed by atoms with Crippen molar-refractivity contribution in [1.82, 2.24) is 13.7 Å². The summed E-state index contributed by atoms with van der Waals surface area (Å²) in [6, 6.07) is 155. The van der Waals surface area contributed by atoms with E-state index in [-0.39, 0.29) is 27.3 Å². The van der Waals surface area contributed by atoms with Gasteiger partial charge in [0.15, 0.2) is 0 Å². The Balaban J connectivity index is 0.0000000886. The Morgan fingerprint density at radius 2 is 0.496 bits per heavy atom. The summed E-state index contributed by atoms with van der Waals surface area (Å²) < 4.78 is 18.2. The van der Waals surface area contributed by atoms with Crippen LogP contribution in [0.4, 0.5) is 0 Å². The first-order valence-electron chi connectivity index (χ1n) is 46.5. The molecule has 5 aliphatic carbocycles. The molecule has 0 aliphatic heterocycles. The Kier molecular flexibility index (Phi) is 19.2. The standard InChI is InChI=1S/C30H20N2.C27H21N.C25H16.C24H22.C13H8O2.C8H4S3/c1-3-11-21(12-4-1)31-27-17-9-7-15-23(27)25-19-26-24-16-8-10-18-28(24)32(30(26)20-29(25)31)22-13-5-2-6-14-22;1-27(2)23-14-8-6-12-19(23)21-16-22-20-13-7-9-15-25(20)28(26(22)17-24(21)27)18-10-4-3-5-11-18;1-5-13-21-17(9-1)18-10-2-6-14-22(18)25(21)23-15-7-3-11-19(23)20-12-4-8-16-24(20)25;1-23(2)19-11-7-5-9-15(19)17-14-22-18(13-21(17)23)16-10-6-8-12-20(16)24(22,3)4;14-13-11-7-2-1-5-9(11)10-6-3-4-8-12(10)15-13;1-3-9-7-5(1)11-6-2-4-10-8(6)7/h1-20H;3-17H,1-2H3;1-16H;5-14H,1-4H3;1-8H;1-4H. The number of nitrogens with zero attached hydrogens (tertiary/aromatic N) is 3. The first-order chi connectivity index (χ1) is 66.2. The van der Waals surface area contributed by atoms with Crippen LogP contribution in [0.15, 0.2) is 451 Å². The topological polar surface area (TPSA) is 45.0 Å². The maximum absolute atomic E-state index is 11.6. The first-order valence-corrected chi connectivity index (χ1v) is 49.1. The number of rotatable bonds is 3. The van der Waals surface area contributed by atoms with Crippen LogP contribution in [0.2, 0.25) is 0 Å². The number of benzene rings is 18. The fourth-order valence-corrected chi connectivity index (χ4v) is 26.7. The number of aromatic nitrogens is 3. The van der Waals surface area contributed by atoms with Crippen molar-refractivity contribution in [3.8, 4) is 72.7 Å². The number of para-hydroxylation sites is 7. The minimum atomic E-state index is -0.274. The SMILES string of the molecule is CC1(C)c2ccccc2-c2cc3c(cc21)-c1ccccc1C3(C)C.CC1(C)c2ccccc2-c2cc3c4ccccc4n(-c4ccccc4)c3cc21.O=c1oc2ccccc2c2ccccc12.c1cc2sc3ccsc3c2s1.c1ccc(-n2c3ccccc3c3cc4c5ccccc5n(-c5ccccc5)c4cc32)cc1.c1ccc2c(c1)-c1ccccc1C21c2ccccc2-c2ccccc21. The summed E-state index contributed by atoms with van der Waals surface area (Å²) in [5.74, 6) is 0. The van der Waals surface area contributed by atoms with Gasteiger partial charge in [-0.2, -0.15) is 0 Å². The average Bonchev–Trinajstić information content (AvgIpc) is 1.51. The Morgan fingerprint density at radius 3 is 0.881 bits per heavy atom. The Bertz CT molecular complexity index is 8700. The number of hydrogen-bond acceptors (Lipinski definition) is 5. The van der Waals surface area contributed by atoms with Crippen molar-refractivity contribution in [2.45, 2.75) is 63.2 Å². The van der Waals surface area contributed by atoms with E-state index >= 15 is 0 Å². The highest BCUT2D eigenvalue weighted by Gasteiger charge is 2.51. The third kappa shape index (κ3) is 12.6. The van der Waals surface area contributed by atoms with Crippen LogP contribution in [0.25, 0.3) is 179 Å². The van der Waals surface area contributed by atoms with Gasteiger partial charge < -0.3 is 18.1 Å². The second-order valence-corrected chi connectivity index (χ2v) is 40.4. The van der Waals surface area contributed by atoms with Gasteiger partial charge in [0, 0.05) is 80.4 Å². The van der Waals surface area contributed by atoms with E-state index in [2.05, 4.69) is 448 Å². The van der Waals surface area contributed by atoms with Gasteiger partial charge in [-0.1, -0.05) is 357 Å². The molecule has 8 heteroatoms. The van der Waals surface area contributed by atoms with E-state index in [1.165, 1.54) is 213 Å². The van der Waals surface area contributed by atoms with E-state index in [9.17, 15) is 4.79 Å². The number of fused-ring (bicyclic) bond motifs is 34. The Labute approximate surface area is 795 Å². The molecule has 5 aliphatic rings. The highest BCUT2D eigenvalue weighted by molar-refractivity contribution is 7.37. The molecule has 1 spiro atoms. The lowest BCUT2D eigenvalue weighted by Gasteiger charge is -2.30. The molecule has 0 unspecified atom stereocenters. The van der Waals surface area contributed by atoms with Crippen molar-refractivity contribution in [2.24, 2.45) is 0 Å². The van der Waals surface area contributed by atoms with Crippen molar-refractivity contribution in [2.75, 3.05) is 0 Å². The van der Waals surface area contributed by atoms with Crippen LogP contribution in [0, 0.1) is 0 Å². The van der Waals surface area contributed by atoms with E-state index in [0.29, 0.717) is 11.0 Å². The molecule has 0 fully saturated rings. The predicted octanol–water partition coefficient (Wildman–Crippen LogP) is 34.4. The molecule has 0 radical (unpaired) electrons. The summed E-state index contributed by atoms with van der Waals surface area (Å²) in [5.41, 5.74) is 39.6. The molecule has 18 aromatic carbocycles. The molecule has 0 saturated heterocycles. The summed E-state index contributed by atoms with van der Waals surface area (Å²) in [7, 11) is 0. The van der Waals surface area contributed by atoms with Crippen LogP contribution >= 0.6 is 34.0 Å². The number of hydrogen-bond donors (Lipinski definition) is 0. The zero-order chi connectivity index (χ0) is 90.6. The quantitative estimate of drug-likeness (QED) is 0.131. The summed E-state index contributed by atoms with van der Waals surface area (Å²) in [4.78, 5) is 11.6. The van der Waals surface area contributed by atoms with Crippen LogP contribution < -0.4 is 5.63 Å². The third-order valence-electron chi connectivity index (χ3n) is 29.3. The molecule has 0 bridgehead atoms. The Hall–Kier alpha value is -15.6. The highest BCUT2D eigenvalue weighted by Crippen LogP contribution is 2.63. The average molecular weight is 1790 g/mol. The second kappa shape index (κ2) is 31.9. The Morgan fingerprint density at radius 1 is 0.215 bits per heavy atom. The largest absolute Gasteiger partial charge is 0.422 e. The van der Waals surface area contributed by atoms with Crippen molar-refractivity contribution >= 4 is 140 Å². The molecule has 0 N–H and O–H groups in total. The van der Waals surface area contributed by atoms with Gasteiger partial charge in [0.25, 0.3) is 0 Å². The smallest absolute Gasteiger partial charge is 0.344 e. The fraction of sp³-hybridized carbons (Fsp3) is 0.0787. The fourth-order valence-electron chi connectivity index (χ4n) is 23.1. The second-order valence-electron chi connectivity index (χ2n) is 37.5. The van der Waals surface area contributed by atoms with Crippen LogP contribution in [-0.2, 0) is 21.7 Å². The lowest BCUT2D eigenvalue weighted by molar-refractivity contribution is 0.569. The maximum Gasteiger partial charge on any atom is 0.344 e. The predicted molar refractivity (Wildman–Crippen MR) is 573 cm³/mol. The molecule has 135 heavy (non-hydrogen) atoms. The van der Waals surface area contributed by atoms with Crippen LogP contribution in [0.1, 0.15) is 97.2 Å². The van der Waals surface area contributed by atoms with Gasteiger partial charge in [0.2, 0.25) is 0 Å². The summed E-state index contributed by atoms with van der Waals surface area (Å²) in [5, 5.41) is 14.7. The normalized spacial score (nSPS) is 13.8. The molecule has 0 saturated carbocycles. The van der Waals surface area contributed by atoms with E-state index in [1.54, 1.807) is 6.07 Å². The molecule has 7 aromatic heterocycles. The molecular weight excluding hydrogens is 1700 g/mol. The molecule has 0 amide bonds. The minimum absolute atomic E-state index is 0.0120. The molecule has 5 nitrogen and oxygen atoms in total. The van der Waals surface area contributed by atoms with E-state index in [0.717, 1.165) is 10.8 Å². The van der Waals surface area contributed by atoms with Crippen molar-refractivity contribution in [1.29, 1.82) is 0 Å². The van der Waals surface area contributed by atoms with Gasteiger partial charge in [-0.25, -0.2) is 4.79 Å². The summed E-state index contributed by atoms with van der Waals surface area (Å²) in [6.07, 6.45) is 0. The minimum Gasteiger partial charge on any atom is -0.422 e. The van der Waals surface area contributed by atoms with Crippen molar-refractivity contribution < 1.29 is 4.42 Å². The summed E-state index contributed by atoms with van der Waals surface area (Å²) in [6.45, 7) is 14.1. The van der Waals surface area contributed by atoms with Crippen molar-refractivity contribution in [3.63, 3.8) is 0 Å². The van der Waals surface area contributed by atoms with E-state index in [1.807, 2.05) is 76.5 Å². The van der Waals surface area contributed by atoms with Crippen LogP contribution in [0.3, 0.4) is 0 Å². The van der Waals surface area contributed by atoms with Crippen molar-refractivity contribution in [3.05, 3.63) is 508 Å². The van der Waals surface area contributed by atoms with Crippen LogP contribution in [-0.4, -0.2) is 13.7 Å². The van der Waals surface area contributed by atoms with Gasteiger partial charge >= 0.3 is 5.63 Å². The number of thiophene rings is 3. The monoisotopic (exact) mass is 1790 g/mol.